The van der Waals surface area contributed by atoms with Crippen molar-refractivity contribution in [3.63, 3.8) is 0 Å². The molecule has 0 aromatic rings. The van der Waals surface area contributed by atoms with Crippen LogP contribution >= 0.6 is 0 Å². The van der Waals surface area contributed by atoms with E-state index in [1.807, 2.05) is 0 Å². The summed E-state index contributed by atoms with van der Waals surface area (Å²) in [5.74, 6) is 1.66. The highest BCUT2D eigenvalue weighted by molar-refractivity contribution is 5.00. The Balaban J connectivity index is 0. The quantitative estimate of drug-likeness (QED) is 0.0345. The van der Waals surface area contributed by atoms with Crippen LogP contribution in [-0.4, -0.2) is 24.5 Å². The third kappa shape index (κ3) is 43.6. The van der Waals surface area contributed by atoms with Crippen LogP contribution in [0, 0.1) is 11.8 Å². The molecule has 1 nitrogen and oxygen atoms in total. The largest absolute Gasteiger partial charge is 0.303 e. The summed E-state index contributed by atoms with van der Waals surface area (Å²) in [5, 5.41) is 0. The Kier molecular flexibility index (Phi) is 45.8. The van der Waals surface area contributed by atoms with Crippen molar-refractivity contribution in [3.8, 4) is 0 Å². The van der Waals surface area contributed by atoms with E-state index in [-0.39, 0.29) is 0 Å². The molecule has 0 N–H and O–H groups in total. The molecule has 0 atom stereocenters. The van der Waals surface area contributed by atoms with Crippen molar-refractivity contribution in [3.05, 3.63) is 30.0 Å². The molecule has 0 rings (SSSR count). The fourth-order valence-corrected chi connectivity index (χ4v) is 7.51. The van der Waals surface area contributed by atoms with Gasteiger partial charge in [0.05, 0.1) is 0 Å². The van der Waals surface area contributed by atoms with Gasteiger partial charge in [-0.15, -0.1) is 12.3 Å². The van der Waals surface area contributed by atoms with Crippen molar-refractivity contribution in [2.45, 2.75) is 267 Å². The average Bonchev–Trinajstić information content (AvgIpc) is 3.13. The van der Waals surface area contributed by atoms with Gasteiger partial charge in [-0.25, -0.2) is 0 Å². The molecule has 52 heavy (non-hydrogen) atoms. The minimum atomic E-state index is 0.801. The van der Waals surface area contributed by atoms with Gasteiger partial charge in [-0.2, -0.15) is 0 Å². The predicted molar refractivity (Wildman–Crippen MR) is 242 cm³/mol. The van der Waals surface area contributed by atoms with Gasteiger partial charge in [0.25, 0.3) is 0 Å². The Labute approximate surface area is 332 Å². The van der Waals surface area contributed by atoms with Crippen molar-refractivity contribution in [2.24, 2.45) is 11.8 Å². The van der Waals surface area contributed by atoms with Gasteiger partial charge in [0.1, 0.15) is 0 Å². The van der Waals surface area contributed by atoms with Crippen LogP contribution in [0.5, 0.6) is 0 Å². The molecule has 0 heterocycles. The molecular formula is C51H101N. The number of hydrogen-bond donors (Lipinski definition) is 0. The SMILES string of the molecule is C=C=C(CCCCCN(CCCCCCCC(=C)C)CCC(C)C)CC(CCCCCCCC)CCCCCCCC.CCCCCCCCCC. The van der Waals surface area contributed by atoms with Crippen molar-refractivity contribution < 1.29 is 0 Å². The molecule has 1 heteroatoms. The zero-order valence-corrected chi connectivity index (χ0v) is 37.7. The maximum atomic E-state index is 4.14. The normalized spacial score (nSPS) is 11.3. The van der Waals surface area contributed by atoms with Gasteiger partial charge in [0, 0.05) is 0 Å². The molecule has 0 bridgehead atoms. The summed E-state index contributed by atoms with van der Waals surface area (Å²) >= 11 is 0. The number of nitrogens with zero attached hydrogens (tertiary/aromatic N) is 1. The van der Waals surface area contributed by atoms with Gasteiger partial charge in [-0.1, -0.05) is 221 Å². The van der Waals surface area contributed by atoms with Crippen LogP contribution in [-0.2, 0) is 0 Å². The molecule has 0 aromatic heterocycles. The first-order valence-corrected chi connectivity index (χ1v) is 24.1. The number of unbranched alkanes of at least 4 members (excludes halogenated alkanes) is 23. The molecule has 0 saturated heterocycles. The van der Waals surface area contributed by atoms with Crippen LogP contribution in [0.25, 0.3) is 0 Å². The van der Waals surface area contributed by atoms with Gasteiger partial charge in [-0.3, -0.25) is 0 Å². The lowest BCUT2D eigenvalue weighted by Gasteiger charge is -2.23. The van der Waals surface area contributed by atoms with Crippen LogP contribution in [0.1, 0.15) is 267 Å². The minimum Gasteiger partial charge on any atom is -0.303 e. The monoisotopic (exact) mass is 728 g/mol. The van der Waals surface area contributed by atoms with E-state index in [0.29, 0.717) is 0 Å². The second-order valence-corrected chi connectivity index (χ2v) is 17.4. The Hall–Kier alpha value is -0.780. The second kappa shape index (κ2) is 44.6. The van der Waals surface area contributed by atoms with Gasteiger partial charge < -0.3 is 4.90 Å². The summed E-state index contributed by atoms with van der Waals surface area (Å²) in [7, 11) is 0. The maximum absolute atomic E-state index is 4.14. The van der Waals surface area contributed by atoms with E-state index in [4.69, 9.17) is 0 Å². The van der Waals surface area contributed by atoms with Crippen LogP contribution in [0.4, 0.5) is 0 Å². The summed E-state index contributed by atoms with van der Waals surface area (Å²) < 4.78 is 0. The molecule has 0 spiro atoms. The lowest BCUT2D eigenvalue weighted by Crippen LogP contribution is -2.28. The molecule has 310 valence electrons. The van der Waals surface area contributed by atoms with E-state index in [1.54, 1.807) is 0 Å². The minimum absolute atomic E-state index is 0.801. The first-order valence-electron chi connectivity index (χ1n) is 24.1. The van der Waals surface area contributed by atoms with E-state index < -0.39 is 0 Å². The van der Waals surface area contributed by atoms with Crippen LogP contribution in [0.15, 0.2) is 30.0 Å². The lowest BCUT2D eigenvalue weighted by atomic mass is 9.87. The molecular weight excluding hydrogens is 627 g/mol. The standard InChI is InChI=1S/C41H79N.C10H22/c1-8-11-13-15-19-24-31-41(32-25-20-16-14-12-9-2)37-40(10-3)30-26-22-28-35-42(36-33-39(6)7)34-27-21-17-18-23-29-38(4)5;1-3-5-7-9-10-8-6-4-2/h39,41H,3-4,8-9,11-37H2,1-2,5-7H3;3-10H2,1-2H3. The van der Waals surface area contributed by atoms with E-state index in [0.717, 1.165) is 11.8 Å². The topological polar surface area (TPSA) is 3.24 Å². The molecule has 0 fully saturated rings. The third-order valence-electron chi connectivity index (χ3n) is 11.2. The molecule has 0 aliphatic rings. The van der Waals surface area contributed by atoms with Crippen LogP contribution in [0.3, 0.4) is 0 Å². The zero-order chi connectivity index (χ0) is 38.8. The molecule has 0 radical (unpaired) electrons. The number of rotatable bonds is 40. The second-order valence-electron chi connectivity index (χ2n) is 17.4. The third-order valence-corrected chi connectivity index (χ3v) is 11.2. The first kappa shape index (κ1) is 53.3. The van der Waals surface area contributed by atoms with Gasteiger partial charge in [0.2, 0.25) is 0 Å². The molecule has 0 aliphatic heterocycles. The Morgan fingerprint density at radius 1 is 0.462 bits per heavy atom. The van der Waals surface area contributed by atoms with Crippen molar-refractivity contribution in [1.82, 2.24) is 4.90 Å². The Bertz CT molecular complexity index is 718. The van der Waals surface area contributed by atoms with Crippen molar-refractivity contribution in [1.29, 1.82) is 0 Å². The molecule has 0 amide bonds. The number of allylic oxidation sites excluding steroid dienone is 2. The van der Waals surface area contributed by atoms with Crippen LogP contribution < -0.4 is 0 Å². The summed E-state index contributed by atoms with van der Waals surface area (Å²) in [4.78, 5) is 2.77. The van der Waals surface area contributed by atoms with Gasteiger partial charge in [0.15, 0.2) is 0 Å². The first-order chi connectivity index (χ1) is 25.3. The molecule has 0 unspecified atom stereocenters. The highest BCUT2D eigenvalue weighted by Gasteiger charge is 2.12. The lowest BCUT2D eigenvalue weighted by molar-refractivity contribution is 0.246. The zero-order valence-electron chi connectivity index (χ0n) is 37.7. The predicted octanol–water partition coefficient (Wildman–Crippen LogP) is 18.2. The van der Waals surface area contributed by atoms with Gasteiger partial charge >= 0.3 is 0 Å². The fraction of sp³-hybridized carbons (Fsp3) is 0.902. The summed E-state index contributed by atoms with van der Waals surface area (Å²) in [5.41, 5.74) is 6.28. The Morgan fingerprint density at radius 2 is 0.827 bits per heavy atom. The summed E-state index contributed by atoms with van der Waals surface area (Å²) in [6.07, 6.45) is 47.2. The van der Waals surface area contributed by atoms with Crippen molar-refractivity contribution in [2.75, 3.05) is 19.6 Å². The van der Waals surface area contributed by atoms with E-state index >= 15 is 0 Å². The highest BCUT2D eigenvalue weighted by atomic mass is 15.1. The molecule has 0 aliphatic carbocycles. The molecule has 0 saturated carbocycles. The average molecular weight is 728 g/mol. The molecule has 0 aromatic carbocycles. The maximum Gasteiger partial charge on any atom is -0.00163 e. The number of hydrogen-bond acceptors (Lipinski definition) is 1. The Morgan fingerprint density at radius 3 is 1.23 bits per heavy atom. The summed E-state index contributed by atoms with van der Waals surface area (Å²) in [6.45, 7) is 28.1. The fourth-order valence-electron chi connectivity index (χ4n) is 7.51. The van der Waals surface area contributed by atoms with E-state index in [9.17, 15) is 0 Å². The van der Waals surface area contributed by atoms with E-state index in [1.165, 1.54) is 249 Å². The van der Waals surface area contributed by atoms with E-state index in [2.05, 4.69) is 72.3 Å². The van der Waals surface area contributed by atoms with Crippen LogP contribution in [0.2, 0.25) is 0 Å². The highest BCUT2D eigenvalue weighted by Crippen LogP contribution is 2.27. The summed E-state index contributed by atoms with van der Waals surface area (Å²) in [6, 6.07) is 0. The smallest absolute Gasteiger partial charge is 0.00163 e. The van der Waals surface area contributed by atoms with Crippen molar-refractivity contribution >= 4 is 0 Å². The van der Waals surface area contributed by atoms with Gasteiger partial charge in [-0.05, 0) is 95.3 Å².